The van der Waals surface area contributed by atoms with E-state index in [4.69, 9.17) is 10.5 Å². The topological polar surface area (TPSA) is 96.0 Å². The molecule has 2 heterocycles. The van der Waals surface area contributed by atoms with E-state index in [0.717, 1.165) is 30.6 Å². The number of rotatable bonds is 7. The van der Waals surface area contributed by atoms with Gasteiger partial charge in [0.05, 0.1) is 11.1 Å². The summed E-state index contributed by atoms with van der Waals surface area (Å²) >= 11 is 0. The average Bonchev–Trinajstić information content (AvgIpc) is 3.64. The number of nitrogens with one attached hydrogen (secondary N) is 1. The standard InChI is InChI=1S/C26H29FN6O/c1-3-22-17-32(16-18(2)33(22)24-7-4-19(13-28)15-30-24)25(34)8-11-31-26(9-10-26)21-5-6-23(27)20(12-21)14-29/h4-7,12,15,18,22,31H,3,8-11,16-17H2,1-2H3. The van der Waals surface area contributed by atoms with Gasteiger partial charge in [0.25, 0.3) is 0 Å². The van der Waals surface area contributed by atoms with Crippen LogP contribution < -0.4 is 10.2 Å². The highest BCUT2D eigenvalue weighted by atomic mass is 19.1. The normalized spacial score (nSPS) is 21.0. The van der Waals surface area contributed by atoms with Gasteiger partial charge in [-0.3, -0.25) is 4.79 Å². The molecule has 2 atom stereocenters. The molecular formula is C26H29FN6O. The second-order valence-corrected chi connectivity index (χ2v) is 9.20. The predicted molar refractivity (Wildman–Crippen MR) is 126 cm³/mol. The fourth-order valence-corrected chi connectivity index (χ4v) is 4.90. The lowest BCUT2D eigenvalue weighted by Crippen LogP contribution is -2.59. The van der Waals surface area contributed by atoms with Gasteiger partial charge in [0, 0.05) is 49.9 Å². The number of carbonyl (C=O) groups is 1. The van der Waals surface area contributed by atoms with Crippen LogP contribution in [0.15, 0.2) is 36.5 Å². The molecule has 1 aromatic heterocycles. The van der Waals surface area contributed by atoms with E-state index in [9.17, 15) is 9.18 Å². The summed E-state index contributed by atoms with van der Waals surface area (Å²) in [5.41, 5.74) is 1.22. The highest BCUT2D eigenvalue weighted by Gasteiger charge is 2.44. The summed E-state index contributed by atoms with van der Waals surface area (Å²) in [6.45, 7) is 5.99. The zero-order valence-corrected chi connectivity index (χ0v) is 19.6. The van der Waals surface area contributed by atoms with Crippen LogP contribution in [0.25, 0.3) is 0 Å². The highest BCUT2D eigenvalue weighted by molar-refractivity contribution is 5.77. The van der Waals surface area contributed by atoms with E-state index in [0.29, 0.717) is 31.6 Å². The van der Waals surface area contributed by atoms with Crippen LogP contribution in [0.3, 0.4) is 0 Å². The Morgan fingerprint density at radius 3 is 2.65 bits per heavy atom. The first-order valence-electron chi connectivity index (χ1n) is 11.8. The summed E-state index contributed by atoms with van der Waals surface area (Å²) in [7, 11) is 0. The third-order valence-corrected chi connectivity index (χ3v) is 6.94. The Bertz CT molecular complexity index is 1130. The van der Waals surface area contributed by atoms with Crippen molar-refractivity contribution >= 4 is 11.7 Å². The monoisotopic (exact) mass is 460 g/mol. The van der Waals surface area contributed by atoms with E-state index < -0.39 is 5.82 Å². The van der Waals surface area contributed by atoms with E-state index in [1.807, 2.05) is 17.0 Å². The van der Waals surface area contributed by atoms with Crippen LogP contribution in [0.4, 0.5) is 10.2 Å². The molecule has 1 aliphatic heterocycles. The summed E-state index contributed by atoms with van der Waals surface area (Å²) in [6, 6.07) is 12.6. The first-order valence-corrected chi connectivity index (χ1v) is 11.8. The van der Waals surface area contributed by atoms with Crippen LogP contribution >= 0.6 is 0 Å². The molecule has 0 bridgehead atoms. The van der Waals surface area contributed by atoms with Crippen LogP contribution in [0.1, 0.15) is 56.2 Å². The Morgan fingerprint density at radius 2 is 2.03 bits per heavy atom. The van der Waals surface area contributed by atoms with Gasteiger partial charge in [0.1, 0.15) is 23.8 Å². The number of piperazine rings is 1. The number of amides is 1. The molecule has 0 radical (unpaired) electrons. The molecule has 34 heavy (non-hydrogen) atoms. The Morgan fingerprint density at radius 1 is 1.24 bits per heavy atom. The zero-order chi connectivity index (χ0) is 24.3. The number of benzene rings is 1. The van der Waals surface area contributed by atoms with Crippen molar-refractivity contribution in [2.45, 2.75) is 57.2 Å². The summed E-state index contributed by atoms with van der Waals surface area (Å²) in [5.74, 6) is 0.434. The number of nitriles is 2. The summed E-state index contributed by atoms with van der Waals surface area (Å²) in [5, 5.41) is 21.6. The summed E-state index contributed by atoms with van der Waals surface area (Å²) in [6.07, 6.45) is 4.66. The van der Waals surface area contributed by atoms with Crippen molar-refractivity contribution in [1.29, 1.82) is 10.5 Å². The molecule has 1 aromatic carbocycles. The lowest BCUT2D eigenvalue weighted by molar-refractivity contribution is -0.132. The highest BCUT2D eigenvalue weighted by Crippen LogP contribution is 2.45. The maximum absolute atomic E-state index is 13.7. The molecule has 2 unspecified atom stereocenters. The minimum atomic E-state index is -0.507. The van der Waals surface area contributed by atoms with Crippen LogP contribution in [-0.2, 0) is 10.3 Å². The molecule has 2 aromatic rings. The molecular weight excluding hydrogens is 431 g/mol. The summed E-state index contributed by atoms with van der Waals surface area (Å²) in [4.78, 5) is 21.7. The van der Waals surface area contributed by atoms with E-state index >= 15 is 0 Å². The van der Waals surface area contributed by atoms with E-state index in [1.165, 1.54) is 6.07 Å². The smallest absolute Gasteiger partial charge is 0.223 e. The Hall–Kier alpha value is -3.49. The molecule has 1 saturated carbocycles. The first kappa shape index (κ1) is 23.7. The van der Waals surface area contributed by atoms with Gasteiger partial charge in [-0.2, -0.15) is 10.5 Å². The van der Waals surface area contributed by atoms with Gasteiger partial charge < -0.3 is 15.1 Å². The van der Waals surface area contributed by atoms with Crippen molar-refractivity contribution in [1.82, 2.24) is 15.2 Å². The molecule has 1 N–H and O–H groups in total. The number of hydrogen-bond acceptors (Lipinski definition) is 6. The van der Waals surface area contributed by atoms with Crippen molar-refractivity contribution in [3.05, 3.63) is 59.0 Å². The first-order chi connectivity index (χ1) is 16.4. The molecule has 1 aliphatic carbocycles. The summed E-state index contributed by atoms with van der Waals surface area (Å²) < 4.78 is 13.7. The van der Waals surface area contributed by atoms with Gasteiger partial charge in [-0.15, -0.1) is 0 Å². The van der Waals surface area contributed by atoms with Crippen molar-refractivity contribution in [3.8, 4) is 12.1 Å². The number of anilines is 1. The number of hydrogen-bond donors (Lipinski definition) is 1. The van der Waals surface area contributed by atoms with Crippen LogP contribution in [0.2, 0.25) is 0 Å². The lowest BCUT2D eigenvalue weighted by Gasteiger charge is -2.46. The second-order valence-electron chi connectivity index (χ2n) is 9.20. The third-order valence-electron chi connectivity index (χ3n) is 6.94. The number of carbonyl (C=O) groups excluding carboxylic acids is 1. The Kier molecular flexibility index (Phi) is 6.81. The number of aromatic nitrogens is 1. The Balaban J connectivity index is 1.35. The molecule has 7 nitrogen and oxygen atoms in total. The molecule has 1 amide bonds. The molecule has 176 valence electrons. The maximum Gasteiger partial charge on any atom is 0.223 e. The SMILES string of the molecule is CCC1CN(C(=O)CCNC2(c3ccc(F)c(C#N)c3)CC2)CC(C)N1c1ccc(C#N)cn1. The van der Waals surface area contributed by atoms with Crippen LogP contribution in [0, 0.1) is 28.5 Å². The van der Waals surface area contributed by atoms with Gasteiger partial charge in [0.2, 0.25) is 5.91 Å². The van der Waals surface area contributed by atoms with E-state index in [-0.39, 0.29) is 29.1 Å². The lowest BCUT2D eigenvalue weighted by atomic mass is 10.0. The molecule has 2 fully saturated rings. The average molecular weight is 461 g/mol. The molecule has 0 spiro atoms. The number of pyridine rings is 1. The zero-order valence-electron chi connectivity index (χ0n) is 19.6. The van der Waals surface area contributed by atoms with Crippen molar-refractivity contribution in [2.24, 2.45) is 0 Å². The van der Waals surface area contributed by atoms with Gasteiger partial charge in [-0.05, 0) is 56.0 Å². The Labute approximate surface area is 199 Å². The fourth-order valence-electron chi connectivity index (χ4n) is 4.90. The van der Waals surface area contributed by atoms with Gasteiger partial charge in [0.15, 0.2) is 0 Å². The maximum atomic E-state index is 13.7. The predicted octanol–water partition coefficient (Wildman–Crippen LogP) is 3.45. The van der Waals surface area contributed by atoms with Crippen molar-refractivity contribution in [2.75, 3.05) is 24.5 Å². The second kappa shape index (κ2) is 9.79. The molecule has 8 heteroatoms. The molecule has 4 rings (SSSR count). The largest absolute Gasteiger partial charge is 0.347 e. The molecule has 1 saturated heterocycles. The molecule has 2 aliphatic rings. The fraction of sp³-hybridized carbons (Fsp3) is 0.462. The van der Waals surface area contributed by atoms with E-state index in [2.05, 4.69) is 35.1 Å². The number of nitrogens with zero attached hydrogens (tertiary/aromatic N) is 5. The van der Waals surface area contributed by atoms with E-state index in [1.54, 1.807) is 24.4 Å². The van der Waals surface area contributed by atoms with Gasteiger partial charge in [-0.1, -0.05) is 13.0 Å². The quantitative estimate of drug-likeness (QED) is 0.680. The van der Waals surface area contributed by atoms with Crippen LogP contribution in [0.5, 0.6) is 0 Å². The minimum absolute atomic E-state index is 0.0517. The van der Waals surface area contributed by atoms with Crippen molar-refractivity contribution < 1.29 is 9.18 Å². The van der Waals surface area contributed by atoms with Gasteiger partial charge in [-0.25, -0.2) is 9.37 Å². The number of halogens is 1. The van der Waals surface area contributed by atoms with Crippen molar-refractivity contribution in [3.63, 3.8) is 0 Å². The van der Waals surface area contributed by atoms with Crippen LogP contribution in [-0.4, -0.2) is 47.5 Å². The third kappa shape index (κ3) is 4.73. The minimum Gasteiger partial charge on any atom is -0.347 e. The van der Waals surface area contributed by atoms with Gasteiger partial charge >= 0.3 is 0 Å².